The van der Waals surface area contributed by atoms with Gasteiger partial charge >= 0.3 is 0 Å². The predicted octanol–water partition coefficient (Wildman–Crippen LogP) is 2.73. The molecule has 24 heavy (non-hydrogen) atoms. The Kier molecular flexibility index (Phi) is 3.82. The fraction of sp³-hybridized carbons (Fsp3) is 0.333. The van der Waals surface area contributed by atoms with Crippen molar-refractivity contribution in [3.8, 4) is 11.5 Å². The third-order valence-corrected chi connectivity index (χ3v) is 4.29. The first-order valence-electron chi connectivity index (χ1n) is 7.84. The van der Waals surface area contributed by atoms with E-state index < -0.39 is 0 Å². The van der Waals surface area contributed by atoms with E-state index in [1.807, 2.05) is 18.2 Å². The van der Waals surface area contributed by atoms with Crippen LogP contribution in [0.25, 0.3) is 16.5 Å². The summed E-state index contributed by atoms with van der Waals surface area (Å²) < 4.78 is 22.2. The molecule has 1 fully saturated rings. The fourth-order valence-electron chi connectivity index (χ4n) is 3.09. The van der Waals surface area contributed by atoms with E-state index in [9.17, 15) is 0 Å². The van der Waals surface area contributed by atoms with Gasteiger partial charge < -0.3 is 18.9 Å². The van der Waals surface area contributed by atoms with Crippen LogP contribution in [0.4, 0.5) is 0 Å². The molecule has 1 aromatic heterocycles. The van der Waals surface area contributed by atoms with Crippen molar-refractivity contribution < 1.29 is 18.9 Å². The maximum absolute atomic E-state index is 5.74. The smallest absolute Gasteiger partial charge is 0.162 e. The molecule has 124 valence electrons. The van der Waals surface area contributed by atoms with Gasteiger partial charge in [0.05, 0.1) is 32.5 Å². The van der Waals surface area contributed by atoms with Gasteiger partial charge in [-0.15, -0.1) is 0 Å². The first-order chi connectivity index (χ1) is 11.8. The molecule has 0 bridgehead atoms. The van der Waals surface area contributed by atoms with E-state index in [-0.39, 0.29) is 6.10 Å². The van der Waals surface area contributed by atoms with Crippen molar-refractivity contribution in [2.45, 2.75) is 12.5 Å². The third-order valence-electron chi connectivity index (χ3n) is 4.29. The topological polar surface area (TPSA) is 62.7 Å². The molecule has 6 heteroatoms. The molecule has 0 radical (unpaired) electrons. The molecule has 4 rings (SSSR count). The van der Waals surface area contributed by atoms with E-state index in [4.69, 9.17) is 18.9 Å². The minimum Gasteiger partial charge on any atom is -0.493 e. The van der Waals surface area contributed by atoms with Crippen LogP contribution >= 0.6 is 0 Å². The molecule has 0 N–H and O–H groups in total. The first-order valence-corrected chi connectivity index (χ1v) is 7.84. The highest BCUT2D eigenvalue weighted by Crippen LogP contribution is 2.36. The first kappa shape index (κ1) is 15.0. The maximum Gasteiger partial charge on any atom is 0.162 e. The Morgan fingerprint density at radius 1 is 1.12 bits per heavy atom. The van der Waals surface area contributed by atoms with Gasteiger partial charge in [-0.05, 0) is 24.1 Å². The summed E-state index contributed by atoms with van der Waals surface area (Å²) in [6, 6.07) is 3.77. The van der Waals surface area contributed by atoms with Gasteiger partial charge in [-0.3, -0.25) is 0 Å². The number of hydrogen-bond acceptors (Lipinski definition) is 6. The summed E-state index contributed by atoms with van der Waals surface area (Å²) in [6.45, 7) is 1.23. The van der Waals surface area contributed by atoms with Crippen LogP contribution in [0, 0.1) is 0 Å². The molecule has 1 saturated heterocycles. The number of benzene rings is 1. The van der Waals surface area contributed by atoms with Gasteiger partial charge in [0.15, 0.2) is 11.5 Å². The van der Waals surface area contributed by atoms with Crippen LogP contribution in [0.3, 0.4) is 0 Å². The van der Waals surface area contributed by atoms with Crippen LogP contribution < -0.4 is 9.47 Å². The summed E-state index contributed by atoms with van der Waals surface area (Å²) in [4.78, 5) is 0. The van der Waals surface area contributed by atoms with Gasteiger partial charge in [-0.2, -0.15) is 10.2 Å². The van der Waals surface area contributed by atoms with E-state index in [1.54, 1.807) is 20.4 Å². The number of aromatic nitrogens is 2. The van der Waals surface area contributed by atoms with Crippen LogP contribution in [-0.2, 0) is 9.47 Å². The van der Waals surface area contributed by atoms with Gasteiger partial charge in [-0.25, -0.2) is 0 Å². The Morgan fingerprint density at radius 3 is 2.79 bits per heavy atom. The van der Waals surface area contributed by atoms with E-state index in [0.717, 1.165) is 34.2 Å². The Hall–Kier alpha value is -2.60. The normalized spacial score (nSPS) is 19.8. The van der Waals surface area contributed by atoms with Crippen molar-refractivity contribution in [2.75, 3.05) is 27.4 Å². The van der Waals surface area contributed by atoms with Crippen molar-refractivity contribution >= 4 is 16.5 Å². The molecule has 2 aromatic rings. The molecule has 2 aliphatic rings. The van der Waals surface area contributed by atoms with E-state index in [0.29, 0.717) is 24.7 Å². The Morgan fingerprint density at radius 2 is 1.96 bits per heavy atom. The lowest BCUT2D eigenvalue weighted by Crippen LogP contribution is -2.27. The molecular weight excluding hydrogens is 308 g/mol. The summed E-state index contributed by atoms with van der Waals surface area (Å²) in [5.41, 5.74) is 2.80. The maximum atomic E-state index is 5.74. The molecule has 0 spiro atoms. The highest BCUT2D eigenvalue weighted by Gasteiger charge is 2.25. The molecule has 6 nitrogen and oxygen atoms in total. The van der Waals surface area contributed by atoms with Crippen molar-refractivity contribution in [3.63, 3.8) is 0 Å². The van der Waals surface area contributed by atoms with Gasteiger partial charge in [0.1, 0.15) is 18.5 Å². The van der Waals surface area contributed by atoms with Crippen LogP contribution in [0.2, 0.25) is 0 Å². The number of ether oxygens (including phenoxy) is 4. The number of allylic oxidation sites excluding steroid dienone is 2. The van der Waals surface area contributed by atoms with Gasteiger partial charge in [0, 0.05) is 17.0 Å². The second-order valence-corrected chi connectivity index (χ2v) is 5.63. The van der Waals surface area contributed by atoms with E-state index in [1.165, 1.54) is 0 Å². The zero-order valence-corrected chi connectivity index (χ0v) is 13.6. The Labute approximate surface area is 139 Å². The van der Waals surface area contributed by atoms with E-state index >= 15 is 0 Å². The summed E-state index contributed by atoms with van der Waals surface area (Å²) in [6.07, 6.45) is 6.76. The van der Waals surface area contributed by atoms with Crippen LogP contribution in [0.15, 0.2) is 36.2 Å². The molecule has 1 unspecified atom stereocenters. The van der Waals surface area contributed by atoms with Crippen LogP contribution in [-0.4, -0.2) is 43.7 Å². The van der Waals surface area contributed by atoms with Crippen LogP contribution in [0.1, 0.15) is 12.0 Å². The fourth-order valence-corrected chi connectivity index (χ4v) is 3.09. The molecule has 1 aromatic carbocycles. The van der Waals surface area contributed by atoms with E-state index in [2.05, 4.69) is 16.3 Å². The van der Waals surface area contributed by atoms with Crippen molar-refractivity contribution in [2.24, 2.45) is 0 Å². The molecule has 1 aliphatic carbocycles. The lowest BCUT2D eigenvalue weighted by atomic mass is 9.95. The Balaban J connectivity index is 1.82. The average Bonchev–Trinajstić information content (AvgIpc) is 2.65. The van der Waals surface area contributed by atoms with Gasteiger partial charge in [-0.1, -0.05) is 6.08 Å². The number of rotatable bonds is 3. The monoisotopic (exact) mass is 326 g/mol. The quantitative estimate of drug-likeness (QED) is 0.864. The Bertz CT molecular complexity index is 844. The predicted molar refractivity (Wildman–Crippen MR) is 89.0 cm³/mol. The lowest BCUT2D eigenvalue weighted by molar-refractivity contribution is -0.0411. The molecule has 2 heterocycles. The molecule has 0 saturated carbocycles. The lowest BCUT2D eigenvalue weighted by Gasteiger charge is -2.28. The standard InChI is InChI=1S/C18H18N2O4/c1-21-16-8-12-13(10-19-20-14(12)9-17(16)22-2)11-3-4-15-18(7-11)24-6-5-23-15/h3,7-10,15H,4-6H2,1-2H3. The zero-order valence-electron chi connectivity index (χ0n) is 13.6. The molecule has 1 aliphatic heterocycles. The average molecular weight is 326 g/mol. The summed E-state index contributed by atoms with van der Waals surface area (Å²) >= 11 is 0. The minimum atomic E-state index is 0.0261. The number of methoxy groups -OCH3 is 2. The highest BCUT2D eigenvalue weighted by molar-refractivity contribution is 5.95. The van der Waals surface area contributed by atoms with Crippen LogP contribution in [0.5, 0.6) is 11.5 Å². The summed E-state index contributed by atoms with van der Waals surface area (Å²) in [5.74, 6) is 2.18. The second-order valence-electron chi connectivity index (χ2n) is 5.63. The third kappa shape index (κ3) is 2.49. The van der Waals surface area contributed by atoms with Gasteiger partial charge in [0.25, 0.3) is 0 Å². The SMILES string of the molecule is COc1cc2nncc(C3=CCC4OCCOC4=C3)c2cc1OC. The van der Waals surface area contributed by atoms with Crippen molar-refractivity contribution in [1.82, 2.24) is 10.2 Å². The molecular formula is C18H18N2O4. The van der Waals surface area contributed by atoms with Crippen molar-refractivity contribution in [3.05, 3.63) is 41.8 Å². The van der Waals surface area contributed by atoms with Crippen molar-refractivity contribution in [1.29, 1.82) is 0 Å². The number of fused-ring (bicyclic) bond motifs is 2. The highest BCUT2D eigenvalue weighted by atomic mass is 16.6. The summed E-state index contributed by atoms with van der Waals surface area (Å²) in [7, 11) is 3.23. The number of nitrogens with zero attached hydrogens (tertiary/aromatic N) is 2. The second kappa shape index (κ2) is 6.13. The minimum absolute atomic E-state index is 0.0261. The largest absolute Gasteiger partial charge is 0.493 e. The number of hydrogen-bond donors (Lipinski definition) is 0. The summed E-state index contributed by atoms with van der Waals surface area (Å²) in [5, 5.41) is 9.31. The molecule has 1 atom stereocenters. The van der Waals surface area contributed by atoms with Gasteiger partial charge in [0.2, 0.25) is 0 Å². The molecule has 0 amide bonds. The zero-order chi connectivity index (χ0) is 16.5.